The number of benzene rings is 1. The Balaban J connectivity index is 1.83. The van der Waals surface area contributed by atoms with E-state index in [1.54, 1.807) is 31.2 Å². The molecule has 27 heavy (non-hydrogen) atoms. The molecule has 0 aliphatic carbocycles. The van der Waals surface area contributed by atoms with Crippen molar-refractivity contribution in [2.24, 2.45) is 5.73 Å². The number of nitrogens with zero attached hydrogens (tertiary/aromatic N) is 1. The van der Waals surface area contributed by atoms with Crippen molar-refractivity contribution in [3.63, 3.8) is 0 Å². The first-order valence-corrected chi connectivity index (χ1v) is 10.4. The maximum Gasteiger partial charge on any atom is 0.267 e. The van der Waals surface area contributed by atoms with E-state index in [4.69, 9.17) is 21.9 Å². The first-order valence-electron chi connectivity index (χ1n) is 7.64. The second kappa shape index (κ2) is 7.69. The maximum absolute atomic E-state index is 12.6. The molecule has 0 aliphatic heterocycles. The van der Waals surface area contributed by atoms with Gasteiger partial charge in [-0.1, -0.05) is 28.9 Å². The zero-order chi connectivity index (χ0) is 19.6. The molecule has 0 aliphatic rings. The van der Waals surface area contributed by atoms with E-state index in [1.165, 1.54) is 11.4 Å². The van der Waals surface area contributed by atoms with Crippen molar-refractivity contribution < 1.29 is 17.7 Å². The average Bonchev–Trinajstić information content (AvgIpc) is 3.26. The summed E-state index contributed by atoms with van der Waals surface area (Å²) in [5.41, 5.74) is 7.32. The highest BCUT2D eigenvalue weighted by Gasteiger charge is 2.27. The molecule has 142 valence electrons. The van der Waals surface area contributed by atoms with Crippen LogP contribution in [0.4, 0.5) is 11.6 Å². The molecule has 0 radical (unpaired) electrons. The van der Waals surface area contributed by atoms with Crippen molar-refractivity contribution in [3.05, 3.63) is 56.9 Å². The quantitative estimate of drug-likeness (QED) is 0.555. The minimum Gasteiger partial charge on any atom is -0.336 e. The van der Waals surface area contributed by atoms with Gasteiger partial charge in [-0.3, -0.25) is 4.79 Å². The lowest BCUT2D eigenvalue weighted by atomic mass is 10.2. The Morgan fingerprint density at radius 2 is 2.00 bits per heavy atom. The van der Waals surface area contributed by atoms with E-state index in [0.717, 1.165) is 16.9 Å². The predicted octanol–water partition coefficient (Wildman–Crippen LogP) is 3.21. The molecule has 1 amide bonds. The number of aromatic nitrogens is 1. The molecule has 8 nitrogen and oxygen atoms in total. The highest BCUT2D eigenvalue weighted by molar-refractivity contribution is 7.93. The second-order valence-electron chi connectivity index (χ2n) is 5.49. The van der Waals surface area contributed by atoms with Crippen LogP contribution in [-0.4, -0.2) is 19.5 Å². The van der Waals surface area contributed by atoms with E-state index in [0.29, 0.717) is 17.9 Å². The number of hydrogen-bond donors (Lipinski definition) is 3. The Morgan fingerprint density at radius 3 is 2.59 bits per heavy atom. The highest BCUT2D eigenvalue weighted by Crippen LogP contribution is 2.30. The number of rotatable bonds is 6. The molecule has 4 N–H and O–H groups in total. The van der Waals surface area contributed by atoms with Gasteiger partial charge in [0.15, 0.2) is 0 Å². The largest absolute Gasteiger partial charge is 0.336 e. The summed E-state index contributed by atoms with van der Waals surface area (Å²) in [7, 11) is -4.09. The topological polar surface area (TPSA) is 127 Å². The summed E-state index contributed by atoms with van der Waals surface area (Å²) in [6.07, 6.45) is 0. The number of halogens is 1. The van der Waals surface area contributed by atoms with Gasteiger partial charge >= 0.3 is 0 Å². The number of amides is 1. The fourth-order valence-electron chi connectivity index (χ4n) is 2.19. The van der Waals surface area contributed by atoms with Gasteiger partial charge in [0.2, 0.25) is 0 Å². The molecular formula is C16H15ClN4O4S2. The van der Waals surface area contributed by atoms with Crippen molar-refractivity contribution in [3.8, 4) is 0 Å². The average molecular weight is 427 g/mol. The summed E-state index contributed by atoms with van der Waals surface area (Å²) in [6, 6.07) is 8.26. The SMILES string of the molecule is Cc1noc(NS(=O)(=O)c2ccsc2C(=O)Nc2ccc(CN)cc2)c1Cl. The predicted molar refractivity (Wildman–Crippen MR) is 104 cm³/mol. The Hall–Kier alpha value is -2.40. The van der Waals surface area contributed by atoms with Gasteiger partial charge in [-0.2, -0.15) is 0 Å². The normalized spacial score (nSPS) is 11.4. The van der Waals surface area contributed by atoms with Gasteiger partial charge in [-0.25, -0.2) is 13.1 Å². The van der Waals surface area contributed by atoms with Gasteiger partial charge < -0.3 is 15.6 Å². The number of sulfonamides is 1. The summed E-state index contributed by atoms with van der Waals surface area (Å²) < 4.78 is 32.4. The molecule has 3 aromatic rings. The lowest BCUT2D eigenvalue weighted by molar-refractivity contribution is 0.102. The van der Waals surface area contributed by atoms with Crippen molar-refractivity contribution in [1.29, 1.82) is 0 Å². The van der Waals surface area contributed by atoms with E-state index < -0.39 is 15.9 Å². The van der Waals surface area contributed by atoms with E-state index in [-0.39, 0.29) is 20.7 Å². The first-order chi connectivity index (χ1) is 12.8. The molecule has 2 aromatic heterocycles. The molecular weight excluding hydrogens is 412 g/mol. The smallest absolute Gasteiger partial charge is 0.267 e. The van der Waals surface area contributed by atoms with Gasteiger partial charge in [-0.05, 0) is 36.1 Å². The number of carbonyl (C=O) groups is 1. The van der Waals surface area contributed by atoms with Crippen LogP contribution in [0.2, 0.25) is 5.02 Å². The maximum atomic E-state index is 12.6. The molecule has 0 bridgehead atoms. The molecule has 0 atom stereocenters. The van der Waals surface area contributed by atoms with Crippen LogP contribution in [-0.2, 0) is 16.6 Å². The number of hydrogen-bond acceptors (Lipinski definition) is 7. The fraction of sp³-hybridized carbons (Fsp3) is 0.125. The van der Waals surface area contributed by atoms with Crippen LogP contribution in [0.3, 0.4) is 0 Å². The number of anilines is 2. The first kappa shape index (κ1) is 19.4. The van der Waals surface area contributed by atoms with Crippen LogP contribution in [0.15, 0.2) is 45.1 Å². The van der Waals surface area contributed by atoms with Crippen LogP contribution in [0.1, 0.15) is 20.9 Å². The lowest BCUT2D eigenvalue weighted by Crippen LogP contribution is -2.18. The molecule has 0 unspecified atom stereocenters. The van der Waals surface area contributed by atoms with E-state index in [2.05, 4.69) is 15.2 Å². The number of carbonyl (C=O) groups excluding carboxylic acids is 1. The lowest BCUT2D eigenvalue weighted by Gasteiger charge is -2.08. The third-order valence-electron chi connectivity index (χ3n) is 3.59. The third kappa shape index (κ3) is 4.14. The molecule has 0 saturated carbocycles. The van der Waals surface area contributed by atoms with Gasteiger partial charge in [-0.15, -0.1) is 11.3 Å². The van der Waals surface area contributed by atoms with Gasteiger partial charge in [0, 0.05) is 12.2 Å². The third-order valence-corrected chi connectivity index (χ3v) is 6.45. The Labute approximate surface area is 164 Å². The summed E-state index contributed by atoms with van der Waals surface area (Å²) in [5.74, 6) is -0.755. The summed E-state index contributed by atoms with van der Waals surface area (Å²) in [5, 5.41) is 7.82. The Bertz CT molecular complexity index is 1070. The van der Waals surface area contributed by atoms with Crippen LogP contribution >= 0.6 is 22.9 Å². The Morgan fingerprint density at radius 1 is 1.30 bits per heavy atom. The molecule has 11 heteroatoms. The molecule has 3 rings (SSSR count). The summed E-state index contributed by atoms with van der Waals surface area (Å²) in [6.45, 7) is 1.96. The minimum absolute atomic E-state index is 0.0257. The molecule has 1 aromatic carbocycles. The van der Waals surface area contributed by atoms with Crippen molar-refractivity contribution >= 4 is 50.4 Å². The van der Waals surface area contributed by atoms with Crippen LogP contribution in [0, 0.1) is 6.92 Å². The van der Waals surface area contributed by atoms with E-state index in [1.807, 2.05) is 0 Å². The summed E-state index contributed by atoms with van der Waals surface area (Å²) >= 11 is 6.94. The zero-order valence-electron chi connectivity index (χ0n) is 14.0. The van der Waals surface area contributed by atoms with Crippen molar-refractivity contribution in [2.45, 2.75) is 18.4 Å². The van der Waals surface area contributed by atoms with Crippen molar-refractivity contribution in [1.82, 2.24) is 5.16 Å². The Kier molecular flexibility index (Phi) is 5.51. The van der Waals surface area contributed by atoms with Gasteiger partial charge in [0.05, 0.1) is 0 Å². The zero-order valence-corrected chi connectivity index (χ0v) is 16.4. The monoisotopic (exact) mass is 426 g/mol. The molecule has 0 saturated heterocycles. The standard InChI is InChI=1S/C16H15ClN4O4S2/c1-9-13(17)16(25-20-9)21-27(23,24)12-6-7-26-14(12)15(22)19-11-4-2-10(8-18)3-5-11/h2-7,21H,8,18H2,1H3,(H,19,22). The number of nitrogens with two attached hydrogens (primary N) is 1. The fourth-order valence-corrected chi connectivity index (χ4v) is 4.68. The molecule has 0 spiro atoms. The molecule has 0 fully saturated rings. The highest BCUT2D eigenvalue weighted by atomic mass is 35.5. The van der Waals surface area contributed by atoms with Crippen LogP contribution < -0.4 is 15.8 Å². The van der Waals surface area contributed by atoms with Crippen molar-refractivity contribution in [2.75, 3.05) is 10.0 Å². The summed E-state index contributed by atoms with van der Waals surface area (Å²) in [4.78, 5) is 12.4. The van der Waals surface area contributed by atoms with Gasteiger partial charge in [0.1, 0.15) is 20.5 Å². The van der Waals surface area contributed by atoms with E-state index in [9.17, 15) is 13.2 Å². The number of thiophene rings is 1. The van der Waals surface area contributed by atoms with Crippen LogP contribution in [0.5, 0.6) is 0 Å². The number of aryl methyl sites for hydroxylation is 1. The second-order valence-corrected chi connectivity index (χ2v) is 8.43. The molecule has 2 heterocycles. The van der Waals surface area contributed by atoms with E-state index >= 15 is 0 Å². The number of nitrogens with one attached hydrogen (secondary N) is 2. The van der Waals surface area contributed by atoms with Crippen LogP contribution in [0.25, 0.3) is 0 Å². The van der Waals surface area contributed by atoms with Gasteiger partial charge in [0.25, 0.3) is 21.8 Å². The minimum atomic E-state index is -4.09.